The lowest BCUT2D eigenvalue weighted by Gasteiger charge is -2.12. The van der Waals surface area contributed by atoms with Crippen molar-refractivity contribution in [3.8, 4) is 0 Å². The van der Waals surface area contributed by atoms with Gasteiger partial charge in [-0.25, -0.2) is 4.39 Å². The van der Waals surface area contributed by atoms with Crippen molar-refractivity contribution < 1.29 is 9.18 Å². The molecule has 1 heterocycles. The number of fused-ring (bicyclic) bond motifs is 1. The first-order chi connectivity index (χ1) is 9.56. The molecule has 3 N–H and O–H groups in total. The van der Waals surface area contributed by atoms with Gasteiger partial charge in [0.1, 0.15) is 10.7 Å². The largest absolute Gasteiger partial charge is 0.397 e. The Balaban J connectivity index is 1.85. The molecule has 1 aromatic carbocycles. The minimum Gasteiger partial charge on any atom is -0.397 e. The Labute approximate surface area is 121 Å². The van der Waals surface area contributed by atoms with Crippen LogP contribution in [-0.2, 0) is 0 Å². The summed E-state index contributed by atoms with van der Waals surface area (Å²) >= 11 is 1.25. The molecule has 5 heteroatoms. The van der Waals surface area contributed by atoms with Crippen LogP contribution < -0.4 is 11.1 Å². The third kappa shape index (κ3) is 2.16. The van der Waals surface area contributed by atoms with Gasteiger partial charge < -0.3 is 11.1 Å². The molecule has 20 heavy (non-hydrogen) atoms. The zero-order chi connectivity index (χ0) is 14.3. The van der Waals surface area contributed by atoms with E-state index in [1.165, 1.54) is 30.2 Å². The van der Waals surface area contributed by atoms with Gasteiger partial charge in [0.25, 0.3) is 5.91 Å². The summed E-state index contributed by atoms with van der Waals surface area (Å²) < 4.78 is 14.5. The Hall–Kier alpha value is -1.62. The Bertz CT molecular complexity index is 676. The van der Waals surface area contributed by atoms with Crippen LogP contribution in [-0.4, -0.2) is 12.5 Å². The summed E-state index contributed by atoms with van der Waals surface area (Å²) in [6, 6.07) is 4.78. The molecular formula is C15H17FN2OS. The number of nitrogen functional groups attached to an aromatic ring is 1. The second-order valence-corrected chi connectivity index (χ2v) is 6.55. The van der Waals surface area contributed by atoms with Crippen molar-refractivity contribution in [1.82, 2.24) is 5.32 Å². The fourth-order valence-corrected chi connectivity index (χ4v) is 3.53. The highest BCUT2D eigenvalue weighted by atomic mass is 32.1. The van der Waals surface area contributed by atoms with E-state index in [0.29, 0.717) is 21.5 Å². The van der Waals surface area contributed by atoms with E-state index in [2.05, 4.69) is 12.2 Å². The Morgan fingerprint density at radius 1 is 1.50 bits per heavy atom. The maximum absolute atomic E-state index is 13.8. The predicted molar refractivity (Wildman–Crippen MR) is 80.5 cm³/mol. The molecule has 1 saturated carbocycles. The molecule has 1 aromatic heterocycles. The van der Waals surface area contributed by atoms with Gasteiger partial charge in [0, 0.05) is 11.2 Å². The number of anilines is 1. The first-order valence-electron chi connectivity index (χ1n) is 6.81. The monoisotopic (exact) mass is 292 g/mol. The zero-order valence-electron chi connectivity index (χ0n) is 11.3. The topological polar surface area (TPSA) is 55.1 Å². The summed E-state index contributed by atoms with van der Waals surface area (Å²) in [7, 11) is 0. The standard InChI is InChI=1S/C15H17FN2OS/c1-2-15(6-7-15)8-18-14(19)13-12(17)11-9(16)4-3-5-10(11)20-13/h3-5H,2,6-8,17H2,1H3,(H,18,19). The van der Waals surface area contributed by atoms with Crippen LogP contribution in [0, 0.1) is 11.2 Å². The average molecular weight is 292 g/mol. The van der Waals surface area contributed by atoms with Crippen LogP contribution in [0.1, 0.15) is 35.9 Å². The van der Waals surface area contributed by atoms with Gasteiger partial charge in [0.05, 0.1) is 11.1 Å². The van der Waals surface area contributed by atoms with Gasteiger partial charge in [-0.3, -0.25) is 4.79 Å². The van der Waals surface area contributed by atoms with Gasteiger partial charge in [0.15, 0.2) is 0 Å². The number of hydrogen-bond acceptors (Lipinski definition) is 3. The number of halogens is 1. The lowest BCUT2D eigenvalue weighted by Crippen LogP contribution is -2.29. The second-order valence-electron chi connectivity index (χ2n) is 5.49. The third-order valence-electron chi connectivity index (χ3n) is 4.24. The van der Waals surface area contributed by atoms with Crippen LogP contribution in [0.3, 0.4) is 0 Å². The first kappa shape index (κ1) is 13.4. The number of amides is 1. The van der Waals surface area contributed by atoms with Crippen molar-refractivity contribution in [3.05, 3.63) is 28.9 Å². The Kier molecular flexibility index (Phi) is 3.17. The van der Waals surface area contributed by atoms with Gasteiger partial charge in [-0.05, 0) is 36.8 Å². The van der Waals surface area contributed by atoms with Crippen molar-refractivity contribution >= 4 is 33.0 Å². The highest BCUT2D eigenvalue weighted by Gasteiger charge is 2.40. The van der Waals surface area contributed by atoms with E-state index in [0.717, 1.165) is 6.42 Å². The zero-order valence-corrected chi connectivity index (χ0v) is 12.1. The first-order valence-corrected chi connectivity index (χ1v) is 7.63. The number of hydrogen-bond donors (Lipinski definition) is 2. The van der Waals surface area contributed by atoms with Crippen LogP contribution >= 0.6 is 11.3 Å². The molecule has 0 spiro atoms. The minimum atomic E-state index is -0.373. The quantitative estimate of drug-likeness (QED) is 0.905. The van der Waals surface area contributed by atoms with Gasteiger partial charge in [0.2, 0.25) is 0 Å². The van der Waals surface area contributed by atoms with E-state index in [4.69, 9.17) is 5.73 Å². The van der Waals surface area contributed by atoms with Gasteiger partial charge in [-0.2, -0.15) is 0 Å². The molecule has 106 valence electrons. The number of thiophene rings is 1. The Morgan fingerprint density at radius 3 is 2.85 bits per heavy atom. The van der Waals surface area contributed by atoms with E-state index in [9.17, 15) is 9.18 Å². The van der Waals surface area contributed by atoms with Gasteiger partial charge >= 0.3 is 0 Å². The highest BCUT2D eigenvalue weighted by molar-refractivity contribution is 7.21. The number of carbonyl (C=O) groups excluding carboxylic acids is 1. The molecule has 0 unspecified atom stereocenters. The minimum absolute atomic E-state index is 0.192. The molecule has 0 radical (unpaired) electrons. The molecule has 3 rings (SSSR count). The molecule has 1 amide bonds. The molecular weight excluding hydrogens is 275 g/mol. The van der Waals surface area contributed by atoms with Crippen molar-refractivity contribution in [1.29, 1.82) is 0 Å². The summed E-state index contributed by atoms with van der Waals surface area (Å²) in [4.78, 5) is 12.6. The van der Waals surface area contributed by atoms with Crippen LogP contribution in [0.15, 0.2) is 18.2 Å². The number of nitrogens with one attached hydrogen (secondary N) is 1. The molecule has 0 bridgehead atoms. The highest BCUT2D eigenvalue weighted by Crippen LogP contribution is 2.48. The lowest BCUT2D eigenvalue weighted by molar-refractivity contribution is 0.0949. The second kappa shape index (κ2) is 4.74. The van der Waals surface area contributed by atoms with Gasteiger partial charge in [-0.15, -0.1) is 11.3 Å². The molecule has 3 nitrogen and oxygen atoms in total. The fraction of sp³-hybridized carbons (Fsp3) is 0.400. The van der Waals surface area contributed by atoms with E-state index in [-0.39, 0.29) is 22.8 Å². The van der Waals surface area contributed by atoms with Crippen molar-refractivity contribution in [3.63, 3.8) is 0 Å². The third-order valence-corrected chi connectivity index (χ3v) is 5.41. The lowest BCUT2D eigenvalue weighted by atomic mass is 10.0. The molecule has 1 aliphatic carbocycles. The van der Waals surface area contributed by atoms with E-state index < -0.39 is 0 Å². The number of benzene rings is 1. The van der Waals surface area contributed by atoms with Crippen LogP contribution in [0.5, 0.6) is 0 Å². The summed E-state index contributed by atoms with van der Waals surface area (Å²) in [5.41, 5.74) is 6.47. The van der Waals surface area contributed by atoms with E-state index in [1.807, 2.05) is 0 Å². The van der Waals surface area contributed by atoms with E-state index in [1.54, 1.807) is 12.1 Å². The smallest absolute Gasteiger partial charge is 0.263 e. The molecule has 0 saturated heterocycles. The van der Waals surface area contributed by atoms with Crippen molar-refractivity contribution in [2.75, 3.05) is 12.3 Å². The average Bonchev–Trinajstić information content (AvgIpc) is 3.15. The van der Waals surface area contributed by atoms with Crippen molar-refractivity contribution in [2.24, 2.45) is 5.41 Å². The van der Waals surface area contributed by atoms with Gasteiger partial charge in [-0.1, -0.05) is 13.0 Å². The fourth-order valence-electron chi connectivity index (χ4n) is 2.48. The van der Waals surface area contributed by atoms with Crippen LogP contribution in [0.25, 0.3) is 10.1 Å². The summed E-state index contributed by atoms with van der Waals surface area (Å²) in [5, 5.41) is 3.30. The summed E-state index contributed by atoms with van der Waals surface area (Å²) in [6.45, 7) is 2.82. The summed E-state index contributed by atoms with van der Waals surface area (Å²) in [6.07, 6.45) is 3.41. The Morgan fingerprint density at radius 2 is 2.25 bits per heavy atom. The molecule has 1 fully saturated rings. The molecule has 0 atom stereocenters. The molecule has 2 aromatic rings. The number of nitrogens with two attached hydrogens (primary N) is 1. The molecule has 0 aliphatic heterocycles. The SMILES string of the molecule is CCC1(CNC(=O)c2sc3cccc(F)c3c2N)CC1. The molecule has 1 aliphatic rings. The van der Waals surface area contributed by atoms with E-state index >= 15 is 0 Å². The number of carbonyl (C=O) groups is 1. The normalized spacial score (nSPS) is 16.3. The predicted octanol–water partition coefficient (Wildman–Crippen LogP) is 3.54. The summed E-state index contributed by atoms with van der Waals surface area (Å²) in [5.74, 6) is -0.564. The van der Waals surface area contributed by atoms with Crippen LogP contribution in [0.4, 0.5) is 10.1 Å². The maximum Gasteiger partial charge on any atom is 0.263 e. The number of rotatable bonds is 4. The maximum atomic E-state index is 13.8. The van der Waals surface area contributed by atoms with Crippen LogP contribution in [0.2, 0.25) is 0 Å². The van der Waals surface area contributed by atoms with Crippen molar-refractivity contribution in [2.45, 2.75) is 26.2 Å².